The Hall–Kier alpha value is -0.890. The molecule has 0 saturated carbocycles. The lowest BCUT2D eigenvalue weighted by atomic mass is 10.2. The molecule has 0 spiro atoms. The maximum atomic E-state index is 11.9. The normalized spacial score (nSPS) is 19.0. The van der Waals surface area contributed by atoms with E-state index < -0.39 is 10.2 Å². The minimum absolute atomic E-state index is 0.0497. The topological polar surface area (TPSA) is 74.6 Å². The van der Waals surface area contributed by atoms with Crippen LogP contribution in [-0.4, -0.2) is 39.5 Å². The van der Waals surface area contributed by atoms with Crippen molar-refractivity contribution in [2.24, 2.45) is 0 Å². The molecule has 22 heavy (non-hydrogen) atoms. The van der Waals surface area contributed by atoms with Gasteiger partial charge in [0.25, 0.3) is 10.2 Å². The van der Waals surface area contributed by atoms with Crippen molar-refractivity contribution in [3.8, 4) is 0 Å². The molecule has 1 saturated heterocycles. The average molecular weight is 329 g/mol. The van der Waals surface area contributed by atoms with E-state index in [-0.39, 0.29) is 6.04 Å². The fourth-order valence-corrected chi connectivity index (χ4v) is 3.73. The van der Waals surface area contributed by atoms with Crippen molar-refractivity contribution in [2.45, 2.75) is 45.1 Å². The van der Waals surface area contributed by atoms with Gasteiger partial charge in [-0.05, 0) is 44.5 Å². The van der Waals surface area contributed by atoms with Gasteiger partial charge in [0, 0.05) is 13.1 Å². The first-order valence-corrected chi connectivity index (χ1v) is 9.62. The molecule has 1 aliphatic rings. The Morgan fingerprint density at radius 3 is 2.55 bits per heavy atom. The number of hydrogen-bond acceptors (Lipinski definition) is 4. The Balaban J connectivity index is 2.02. The summed E-state index contributed by atoms with van der Waals surface area (Å²) in [5, 5.41) is 0. The molecule has 6 nitrogen and oxygen atoms in total. The van der Waals surface area contributed by atoms with E-state index in [1.165, 1.54) is 12.8 Å². The minimum Gasteiger partial charge on any atom is -0.468 e. The smallest absolute Gasteiger partial charge is 0.276 e. The van der Waals surface area contributed by atoms with E-state index >= 15 is 0 Å². The highest BCUT2D eigenvalue weighted by molar-refractivity contribution is 7.87. The summed E-state index contributed by atoms with van der Waals surface area (Å²) in [5.41, 5.74) is 0. The van der Waals surface area contributed by atoms with Crippen LogP contribution in [0.15, 0.2) is 22.8 Å². The van der Waals surface area contributed by atoms with Crippen molar-refractivity contribution in [2.75, 3.05) is 26.2 Å². The van der Waals surface area contributed by atoms with Crippen LogP contribution in [-0.2, 0) is 10.2 Å². The predicted molar refractivity (Wildman–Crippen MR) is 86.7 cm³/mol. The van der Waals surface area contributed by atoms with E-state index in [1.807, 2.05) is 19.1 Å². The summed E-state index contributed by atoms with van der Waals surface area (Å²) in [6.07, 6.45) is 7.20. The third-order valence-corrected chi connectivity index (χ3v) is 5.09. The Labute approximate surface area is 133 Å². The van der Waals surface area contributed by atoms with Crippen LogP contribution in [0.1, 0.15) is 50.8 Å². The summed E-state index contributed by atoms with van der Waals surface area (Å²) in [4.78, 5) is 2.33. The van der Waals surface area contributed by atoms with Gasteiger partial charge in [-0.1, -0.05) is 19.8 Å². The van der Waals surface area contributed by atoms with Crippen LogP contribution in [0.2, 0.25) is 0 Å². The quantitative estimate of drug-likeness (QED) is 0.765. The number of nitrogens with one attached hydrogen (secondary N) is 2. The zero-order chi connectivity index (χ0) is 15.8. The van der Waals surface area contributed by atoms with Crippen LogP contribution in [0.5, 0.6) is 0 Å². The van der Waals surface area contributed by atoms with E-state index in [1.54, 1.807) is 6.26 Å². The molecule has 2 rings (SSSR count). The number of rotatable bonds is 8. The van der Waals surface area contributed by atoms with Gasteiger partial charge in [0.15, 0.2) is 0 Å². The van der Waals surface area contributed by atoms with E-state index in [2.05, 4.69) is 14.3 Å². The van der Waals surface area contributed by atoms with Crippen molar-refractivity contribution < 1.29 is 12.8 Å². The Bertz CT molecular complexity index is 508. The average Bonchev–Trinajstić information content (AvgIpc) is 2.89. The standard InChI is InChI=1S/C15H27N3O3S/c1-2-9-16-22(19,20)17-13-14(15-8-7-12-21-15)18-10-5-3-4-6-11-18/h7-8,12,14,16-17H,2-6,9-11,13H2,1H3. The molecule has 1 aromatic heterocycles. The molecule has 1 aliphatic heterocycles. The second-order valence-corrected chi connectivity index (χ2v) is 7.31. The zero-order valence-electron chi connectivity index (χ0n) is 13.3. The van der Waals surface area contributed by atoms with Crippen LogP contribution >= 0.6 is 0 Å². The highest BCUT2D eigenvalue weighted by Gasteiger charge is 2.25. The number of hydrogen-bond donors (Lipinski definition) is 2. The molecule has 7 heteroatoms. The molecule has 126 valence electrons. The second kappa shape index (κ2) is 8.67. The van der Waals surface area contributed by atoms with Gasteiger partial charge in [-0.2, -0.15) is 8.42 Å². The maximum Gasteiger partial charge on any atom is 0.276 e. The first kappa shape index (κ1) is 17.5. The summed E-state index contributed by atoms with van der Waals surface area (Å²) >= 11 is 0. The van der Waals surface area contributed by atoms with E-state index in [0.29, 0.717) is 13.1 Å². The molecule has 1 unspecified atom stereocenters. The highest BCUT2D eigenvalue weighted by atomic mass is 32.2. The lowest BCUT2D eigenvalue weighted by Crippen LogP contribution is -2.43. The van der Waals surface area contributed by atoms with Crippen molar-refractivity contribution in [1.82, 2.24) is 14.3 Å². The number of nitrogens with zero attached hydrogens (tertiary/aromatic N) is 1. The minimum atomic E-state index is -3.45. The molecule has 0 amide bonds. The fourth-order valence-electron chi connectivity index (χ4n) is 2.77. The SMILES string of the molecule is CCCNS(=O)(=O)NCC(c1ccco1)N1CCCCCC1. The molecule has 1 atom stereocenters. The van der Waals surface area contributed by atoms with Crippen LogP contribution in [0.4, 0.5) is 0 Å². The molecule has 2 heterocycles. The summed E-state index contributed by atoms with van der Waals surface area (Å²) in [5.74, 6) is 0.820. The van der Waals surface area contributed by atoms with Gasteiger partial charge in [-0.3, -0.25) is 4.90 Å². The van der Waals surface area contributed by atoms with Crippen LogP contribution < -0.4 is 9.44 Å². The first-order valence-electron chi connectivity index (χ1n) is 8.14. The lowest BCUT2D eigenvalue weighted by Gasteiger charge is -2.29. The second-order valence-electron chi connectivity index (χ2n) is 5.73. The Kier molecular flexibility index (Phi) is 6.88. The van der Waals surface area contributed by atoms with Crippen molar-refractivity contribution >= 4 is 10.2 Å². The van der Waals surface area contributed by atoms with Gasteiger partial charge < -0.3 is 4.42 Å². The predicted octanol–water partition coefficient (Wildman–Crippen LogP) is 2.03. The fraction of sp³-hybridized carbons (Fsp3) is 0.733. The molecule has 0 bridgehead atoms. The van der Waals surface area contributed by atoms with Gasteiger partial charge in [-0.25, -0.2) is 9.44 Å². The molecular weight excluding hydrogens is 302 g/mol. The van der Waals surface area contributed by atoms with Crippen molar-refractivity contribution in [3.63, 3.8) is 0 Å². The number of likely N-dealkylation sites (tertiary alicyclic amines) is 1. The highest BCUT2D eigenvalue weighted by Crippen LogP contribution is 2.24. The largest absolute Gasteiger partial charge is 0.468 e. The third kappa shape index (κ3) is 5.39. The summed E-state index contributed by atoms with van der Waals surface area (Å²) in [6, 6.07) is 3.72. The van der Waals surface area contributed by atoms with Gasteiger partial charge in [0.05, 0.1) is 12.3 Å². The van der Waals surface area contributed by atoms with Crippen LogP contribution in [0, 0.1) is 0 Å². The first-order chi connectivity index (χ1) is 10.6. The van der Waals surface area contributed by atoms with E-state index in [9.17, 15) is 8.42 Å². The molecule has 2 N–H and O–H groups in total. The molecule has 1 fully saturated rings. The zero-order valence-corrected chi connectivity index (χ0v) is 14.1. The molecule has 0 aromatic carbocycles. The molecule has 1 aromatic rings. The van der Waals surface area contributed by atoms with Crippen LogP contribution in [0.25, 0.3) is 0 Å². The third-order valence-electron chi connectivity index (χ3n) is 3.96. The van der Waals surface area contributed by atoms with Gasteiger partial charge >= 0.3 is 0 Å². The van der Waals surface area contributed by atoms with Gasteiger partial charge in [0.2, 0.25) is 0 Å². The summed E-state index contributed by atoms with van der Waals surface area (Å²) in [7, 11) is -3.45. The number of furan rings is 1. The monoisotopic (exact) mass is 329 g/mol. The van der Waals surface area contributed by atoms with Gasteiger partial charge in [-0.15, -0.1) is 0 Å². The van der Waals surface area contributed by atoms with E-state index in [0.717, 1.165) is 38.1 Å². The lowest BCUT2D eigenvalue weighted by molar-refractivity contribution is 0.182. The maximum absolute atomic E-state index is 11.9. The molecule has 0 radical (unpaired) electrons. The van der Waals surface area contributed by atoms with Gasteiger partial charge in [0.1, 0.15) is 5.76 Å². The molecular formula is C15H27N3O3S. The summed E-state index contributed by atoms with van der Waals surface area (Å²) < 4.78 is 34.6. The Morgan fingerprint density at radius 2 is 1.95 bits per heavy atom. The molecule has 0 aliphatic carbocycles. The van der Waals surface area contributed by atoms with Crippen LogP contribution in [0.3, 0.4) is 0 Å². The Morgan fingerprint density at radius 1 is 1.23 bits per heavy atom. The van der Waals surface area contributed by atoms with Crippen molar-refractivity contribution in [1.29, 1.82) is 0 Å². The van der Waals surface area contributed by atoms with E-state index in [4.69, 9.17) is 4.42 Å². The summed E-state index contributed by atoms with van der Waals surface area (Å²) in [6.45, 7) is 4.67. The van der Waals surface area contributed by atoms with Crippen molar-refractivity contribution in [3.05, 3.63) is 24.2 Å².